The third-order valence-electron chi connectivity index (χ3n) is 3.00. The van der Waals surface area contributed by atoms with E-state index < -0.39 is 5.97 Å². The Hall–Kier alpha value is -2.63. The van der Waals surface area contributed by atoms with E-state index in [1.54, 1.807) is 25.0 Å². The molecule has 6 heteroatoms. The second-order valence-electron chi connectivity index (χ2n) is 4.83. The molecule has 1 aromatic heterocycles. The number of nitrogens with zero attached hydrogens (tertiary/aromatic N) is 3. The van der Waals surface area contributed by atoms with E-state index in [1.165, 1.54) is 0 Å². The number of rotatable bonds is 6. The van der Waals surface area contributed by atoms with Crippen LogP contribution in [0, 0.1) is 6.92 Å². The third-order valence-corrected chi connectivity index (χ3v) is 3.00. The van der Waals surface area contributed by atoms with Gasteiger partial charge in [-0.05, 0) is 37.6 Å². The van der Waals surface area contributed by atoms with Gasteiger partial charge in [0.15, 0.2) is 5.82 Å². The van der Waals surface area contributed by atoms with Crippen LogP contribution in [-0.4, -0.2) is 34.5 Å². The molecule has 1 aromatic carbocycles. The molecule has 0 bridgehead atoms. The van der Waals surface area contributed by atoms with Gasteiger partial charge in [0.1, 0.15) is 12.1 Å². The average Bonchev–Trinajstić information content (AvgIpc) is 2.95. The monoisotopic (exact) mass is 301 g/mol. The number of benzene rings is 1. The summed E-state index contributed by atoms with van der Waals surface area (Å²) in [5.74, 6) is 0.901. The van der Waals surface area contributed by atoms with Crippen molar-refractivity contribution in [1.82, 2.24) is 14.8 Å². The lowest BCUT2D eigenvalue weighted by Gasteiger charge is -2.05. The van der Waals surface area contributed by atoms with Gasteiger partial charge < -0.3 is 9.47 Å². The van der Waals surface area contributed by atoms with Crippen LogP contribution in [0.25, 0.3) is 11.4 Å². The summed E-state index contributed by atoms with van der Waals surface area (Å²) in [5.41, 5.74) is 2.25. The zero-order valence-electron chi connectivity index (χ0n) is 13.0. The summed E-state index contributed by atoms with van der Waals surface area (Å²) < 4.78 is 11.7. The summed E-state index contributed by atoms with van der Waals surface area (Å²) in [5, 5.41) is 4.36. The molecule has 0 radical (unpaired) electrons. The highest BCUT2D eigenvalue weighted by Crippen LogP contribution is 2.23. The standard InChI is InChI=1S/C16H19N3O3/c1-5-22-16(20)12(3)9-19-10-17-15(18-19)13-6-11(2)7-14(8-13)21-4/h6-8,10H,3,5,9H2,1-2,4H3. The predicted molar refractivity (Wildman–Crippen MR) is 82.5 cm³/mol. The smallest absolute Gasteiger partial charge is 0.335 e. The topological polar surface area (TPSA) is 66.2 Å². The van der Waals surface area contributed by atoms with Crippen molar-refractivity contribution in [2.45, 2.75) is 20.4 Å². The van der Waals surface area contributed by atoms with Crippen molar-refractivity contribution in [3.8, 4) is 17.1 Å². The molecule has 0 saturated carbocycles. The molecule has 6 nitrogen and oxygen atoms in total. The average molecular weight is 301 g/mol. The van der Waals surface area contributed by atoms with Crippen molar-refractivity contribution >= 4 is 5.97 Å². The lowest BCUT2D eigenvalue weighted by Crippen LogP contribution is -2.12. The highest BCUT2D eigenvalue weighted by atomic mass is 16.5. The SMILES string of the molecule is C=C(Cn1cnc(-c2cc(C)cc(OC)c2)n1)C(=O)OCC. The minimum absolute atomic E-state index is 0.245. The fourth-order valence-corrected chi connectivity index (χ4v) is 1.99. The maximum atomic E-state index is 11.6. The van der Waals surface area contributed by atoms with E-state index in [0.29, 0.717) is 18.0 Å². The Morgan fingerprint density at radius 1 is 1.36 bits per heavy atom. The largest absolute Gasteiger partial charge is 0.497 e. The highest BCUT2D eigenvalue weighted by molar-refractivity contribution is 5.87. The van der Waals surface area contributed by atoms with Gasteiger partial charge in [-0.25, -0.2) is 14.5 Å². The molecule has 0 atom stereocenters. The number of carbonyl (C=O) groups excluding carboxylic acids is 1. The van der Waals surface area contributed by atoms with Crippen molar-refractivity contribution in [2.24, 2.45) is 0 Å². The van der Waals surface area contributed by atoms with E-state index in [2.05, 4.69) is 16.7 Å². The van der Waals surface area contributed by atoms with Crippen LogP contribution in [0.2, 0.25) is 0 Å². The Morgan fingerprint density at radius 2 is 2.14 bits per heavy atom. The Balaban J connectivity index is 2.16. The first-order valence-corrected chi connectivity index (χ1v) is 6.94. The summed E-state index contributed by atoms with van der Waals surface area (Å²) >= 11 is 0. The van der Waals surface area contributed by atoms with Gasteiger partial charge >= 0.3 is 5.97 Å². The molecule has 0 amide bonds. The van der Waals surface area contributed by atoms with E-state index in [0.717, 1.165) is 16.9 Å². The summed E-state index contributed by atoms with van der Waals surface area (Å²) in [6, 6.07) is 5.78. The zero-order chi connectivity index (χ0) is 16.1. The molecule has 0 aliphatic heterocycles. The summed E-state index contributed by atoms with van der Waals surface area (Å²) in [6.07, 6.45) is 1.56. The van der Waals surface area contributed by atoms with Crippen LogP contribution >= 0.6 is 0 Å². The number of methoxy groups -OCH3 is 1. The van der Waals surface area contributed by atoms with E-state index in [1.807, 2.05) is 25.1 Å². The van der Waals surface area contributed by atoms with Crippen LogP contribution in [0.1, 0.15) is 12.5 Å². The van der Waals surface area contributed by atoms with Gasteiger partial charge in [-0.1, -0.05) is 6.58 Å². The van der Waals surface area contributed by atoms with Gasteiger partial charge in [0.05, 0.1) is 25.8 Å². The van der Waals surface area contributed by atoms with E-state index in [9.17, 15) is 4.79 Å². The lowest BCUT2D eigenvalue weighted by atomic mass is 10.1. The van der Waals surface area contributed by atoms with E-state index in [-0.39, 0.29) is 6.54 Å². The molecule has 116 valence electrons. The van der Waals surface area contributed by atoms with Crippen molar-refractivity contribution in [3.05, 3.63) is 42.2 Å². The van der Waals surface area contributed by atoms with Crippen molar-refractivity contribution in [1.29, 1.82) is 0 Å². The van der Waals surface area contributed by atoms with Gasteiger partial charge in [-0.15, -0.1) is 0 Å². The molecule has 0 fully saturated rings. The molecule has 2 aromatic rings. The number of ether oxygens (including phenoxy) is 2. The molecule has 0 unspecified atom stereocenters. The first-order chi connectivity index (χ1) is 10.5. The molecule has 0 spiro atoms. The number of carbonyl (C=O) groups is 1. The number of hydrogen-bond donors (Lipinski definition) is 0. The highest BCUT2D eigenvalue weighted by Gasteiger charge is 2.11. The van der Waals surface area contributed by atoms with E-state index >= 15 is 0 Å². The van der Waals surface area contributed by atoms with Crippen LogP contribution < -0.4 is 4.74 Å². The van der Waals surface area contributed by atoms with Gasteiger partial charge in [-0.2, -0.15) is 5.10 Å². The molecular formula is C16H19N3O3. The van der Waals surface area contributed by atoms with Crippen molar-refractivity contribution < 1.29 is 14.3 Å². The summed E-state index contributed by atoms with van der Waals surface area (Å²) in [6.45, 7) is 8.01. The fraction of sp³-hybridized carbons (Fsp3) is 0.312. The Kier molecular flexibility index (Phi) is 4.93. The lowest BCUT2D eigenvalue weighted by molar-refractivity contribution is -0.138. The summed E-state index contributed by atoms with van der Waals surface area (Å²) in [7, 11) is 1.62. The van der Waals surface area contributed by atoms with Crippen LogP contribution in [0.15, 0.2) is 36.7 Å². The molecular weight excluding hydrogens is 282 g/mol. The summed E-state index contributed by atoms with van der Waals surface area (Å²) in [4.78, 5) is 15.8. The minimum Gasteiger partial charge on any atom is -0.497 e. The first-order valence-electron chi connectivity index (χ1n) is 6.94. The molecule has 22 heavy (non-hydrogen) atoms. The van der Waals surface area contributed by atoms with Gasteiger partial charge in [0.2, 0.25) is 0 Å². The molecule has 1 heterocycles. The van der Waals surface area contributed by atoms with Crippen molar-refractivity contribution in [2.75, 3.05) is 13.7 Å². The fourth-order valence-electron chi connectivity index (χ4n) is 1.99. The third kappa shape index (κ3) is 3.72. The van der Waals surface area contributed by atoms with Crippen molar-refractivity contribution in [3.63, 3.8) is 0 Å². The van der Waals surface area contributed by atoms with Gasteiger partial charge in [-0.3, -0.25) is 0 Å². The zero-order valence-corrected chi connectivity index (χ0v) is 13.0. The van der Waals surface area contributed by atoms with Crippen LogP contribution in [0.3, 0.4) is 0 Å². The second kappa shape index (κ2) is 6.89. The normalized spacial score (nSPS) is 10.3. The van der Waals surface area contributed by atoms with Crippen LogP contribution in [0.5, 0.6) is 5.75 Å². The molecule has 0 saturated heterocycles. The number of hydrogen-bond acceptors (Lipinski definition) is 5. The number of aryl methyl sites for hydroxylation is 1. The Morgan fingerprint density at radius 3 is 2.82 bits per heavy atom. The van der Waals surface area contributed by atoms with Gasteiger partial charge in [0.25, 0.3) is 0 Å². The second-order valence-corrected chi connectivity index (χ2v) is 4.83. The first kappa shape index (κ1) is 15.8. The molecule has 0 aliphatic carbocycles. The molecule has 0 N–H and O–H groups in total. The Labute approximate surface area is 129 Å². The number of aromatic nitrogens is 3. The maximum absolute atomic E-state index is 11.6. The number of esters is 1. The van der Waals surface area contributed by atoms with Gasteiger partial charge in [0, 0.05) is 5.56 Å². The molecule has 2 rings (SSSR count). The minimum atomic E-state index is -0.420. The Bertz CT molecular complexity index is 692. The molecule has 0 aliphatic rings. The van der Waals surface area contributed by atoms with E-state index in [4.69, 9.17) is 9.47 Å². The van der Waals surface area contributed by atoms with Crippen LogP contribution in [-0.2, 0) is 16.1 Å². The predicted octanol–water partition coefficient (Wildman–Crippen LogP) is 2.38. The van der Waals surface area contributed by atoms with Crippen LogP contribution in [0.4, 0.5) is 0 Å². The maximum Gasteiger partial charge on any atom is 0.335 e. The quantitative estimate of drug-likeness (QED) is 0.605.